The molecule has 0 bridgehead atoms. The third-order valence-electron chi connectivity index (χ3n) is 3.97. The fourth-order valence-corrected chi connectivity index (χ4v) is 2.67. The number of H-pyrrole nitrogens is 1. The molecule has 110 valence electrons. The molecule has 2 nitrogen and oxygen atoms in total. The van der Waals surface area contributed by atoms with Gasteiger partial charge in [-0.15, -0.1) is 0 Å². The molecule has 21 heavy (non-hydrogen) atoms. The van der Waals surface area contributed by atoms with Gasteiger partial charge in [0.1, 0.15) is 0 Å². The van der Waals surface area contributed by atoms with E-state index < -0.39 is 17.3 Å². The Morgan fingerprint density at radius 2 is 1.81 bits per heavy atom. The Morgan fingerprint density at radius 3 is 2.43 bits per heavy atom. The van der Waals surface area contributed by atoms with E-state index in [0.29, 0.717) is 17.5 Å². The molecule has 1 N–H and O–H groups in total. The van der Waals surface area contributed by atoms with E-state index in [-0.39, 0.29) is 5.69 Å². The van der Waals surface area contributed by atoms with Gasteiger partial charge >= 0.3 is 6.18 Å². The van der Waals surface area contributed by atoms with Crippen LogP contribution in [-0.4, -0.2) is 4.98 Å². The van der Waals surface area contributed by atoms with Gasteiger partial charge in [0.15, 0.2) is 0 Å². The van der Waals surface area contributed by atoms with Crippen LogP contribution in [-0.2, 0) is 6.18 Å². The number of alkyl halides is 3. The molecule has 1 fully saturated rings. The summed E-state index contributed by atoms with van der Waals surface area (Å²) in [5.41, 5.74) is 0.286. The summed E-state index contributed by atoms with van der Waals surface area (Å²) in [5.74, 6) is 0.374. The van der Waals surface area contributed by atoms with Gasteiger partial charge in [0, 0.05) is 17.3 Å². The average molecular weight is 293 g/mol. The summed E-state index contributed by atoms with van der Waals surface area (Å²) in [6.45, 7) is 0. The minimum absolute atomic E-state index is 0.234. The van der Waals surface area contributed by atoms with Crippen molar-refractivity contribution in [1.82, 2.24) is 4.98 Å². The van der Waals surface area contributed by atoms with Crippen molar-refractivity contribution in [3.63, 3.8) is 0 Å². The monoisotopic (exact) mass is 293 g/mol. The lowest BCUT2D eigenvalue weighted by molar-refractivity contribution is -0.137. The lowest BCUT2D eigenvalue weighted by atomic mass is 9.77. The Labute approximate surface area is 119 Å². The molecule has 1 aromatic carbocycles. The topological polar surface area (TPSA) is 32.9 Å². The molecule has 0 saturated heterocycles. The maximum absolute atomic E-state index is 12.8. The second kappa shape index (κ2) is 5.06. The Balaban J connectivity index is 2.13. The van der Waals surface area contributed by atoms with Crippen LogP contribution in [0.2, 0.25) is 0 Å². The largest absolute Gasteiger partial charge is 0.416 e. The van der Waals surface area contributed by atoms with Crippen molar-refractivity contribution in [3.8, 4) is 11.3 Å². The first-order valence-electron chi connectivity index (χ1n) is 6.86. The standard InChI is InChI=1S/C16H14F3NO/c17-16(18,19)11-8-14(20-15(21)9-11)13-7-2-1-6-12(13)10-4-3-5-10/h1-2,6-10H,3-5H2,(H,20,21). The van der Waals surface area contributed by atoms with Crippen LogP contribution in [0.15, 0.2) is 41.2 Å². The quantitative estimate of drug-likeness (QED) is 0.878. The molecule has 0 aliphatic heterocycles. The van der Waals surface area contributed by atoms with Crippen LogP contribution in [0, 0.1) is 0 Å². The highest BCUT2D eigenvalue weighted by atomic mass is 19.4. The molecule has 3 rings (SSSR count). The van der Waals surface area contributed by atoms with Gasteiger partial charge in [-0.25, -0.2) is 0 Å². The van der Waals surface area contributed by atoms with Crippen LogP contribution in [0.1, 0.15) is 36.3 Å². The first kappa shape index (κ1) is 13.9. The molecule has 1 aliphatic carbocycles. The van der Waals surface area contributed by atoms with Crippen LogP contribution >= 0.6 is 0 Å². The van der Waals surface area contributed by atoms with E-state index in [4.69, 9.17) is 0 Å². The number of rotatable bonds is 2. The van der Waals surface area contributed by atoms with Crippen molar-refractivity contribution in [3.05, 3.63) is 57.9 Å². The number of hydrogen-bond donors (Lipinski definition) is 1. The van der Waals surface area contributed by atoms with E-state index in [1.54, 1.807) is 12.1 Å². The molecule has 0 spiro atoms. The minimum atomic E-state index is -4.52. The van der Waals surface area contributed by atoms with E-state index in [0.717, 1.165) is 30.9 Å². The lowest BCUT2D eigenvalue weighted by Gasteiger charge is -2.28. The van der Waals surface area contributed by atoms with Gasteiger partial charge in [-0.2, -0.15) is 13.2 Å². The molecule has 0 unspecified atom stereocenters. The van der Waals surface area contributed by atoms with Crippen molar-refractivity contribution in [2.75, 3.05) is 0 Å². The third-order valence-corrected chi connectivity index (χ3v) is 3.97. The zero-order valence-corrected chi connectivity index (χ0v) is 11.2. The summed E-state index contributed by atoms with van der Waals surface area (Å²) in [5, 5.41) is 0. The summed E-state index contributed by atoms with van der Waals surface area (Å²) in [6, 6.07) is 8.95. The van der Waals surface area contributed by atoms with Gasteiger partial charge in [0.25, 0.3) is 0 Å². The molecule has 1 aliphatic rings. The molecule has 5 heteroatoms. The highest BCUT2D eigenvalue weighted by Crippen LogP contribution is 2.41. The zero-order chi connectivity index (χ0) is 15.0. The van der Waals surface area contributed by atoms with Crippen LogP contribution in [0.5, 0.6) is 0 Å². The van der Waals surface area contributed by atoms with E-state index in [1.165, 1.54) is 0 Å². The van der Waals surface area contributed by atoms with Crippen LogP contribution in [0.25, 0.3) is 11.3 Å². The van der Waals surface area contributed by atoms with E-state index in [1.807, 2.05) is 12.1 Å². The van der Waals surface area contributed by atoms with Crippen molar-refractivity contribution in [1.29, 1.82) is 0 Å². The Morgan fingerprint density at radius 1 is 1.10 bits per heavy atom. The number of aromatic nitrogens is 1. The highest BCUT2D eigenvalue weighted by Gasteiger charge is 2.32. The molecule has 1 heterocycles. The summed E-state index contributed by atoms with van der Waals surface area (Å²) in [7, 11) is 0. The molecule has 0 amide bonds. The number of nitrogens with one attached hydrogen (secondary N) is 1. The van der Waals surface area contributed by atoms with Crippen molar-refractivity contribution < 1.29 is 13.2 Å². The lowest BCUT2D eigenvalue weighted by Crippen LogP contribution is -2.15. The van der Waals surface area contributed by atoms with Gasteiger partial charge in [-0.3, -0.25) is 4.79 Å². The normalized spacial score (nSPS) is 15.8. The number of halogens is 3. The maximum atomic E-state index is 12.8. The van der Waals surface area contributed by atoms with Gasteiger partial charge in [-0.05, 0) is 30.4 Å². The first-order valence-corrected chi connectivity index (χ1v) is 6.86. The Bertz CT molecular complexity index is 714. The van der Waals surface area contributed by atoms with Gasteiger partial charge in [0.2, 0.25) is 5.56 Å². The molecule has 2 aromatic rings. The second-order valence-electron chi connectivity index (χ2n) is 5.36. The average Bonchev–Trinajstić information content (AvgIpc) is 2.35. The number of hydrogen-bond acceptors (Lipinski definition) is 1. The maximum Gasteiger partial charge on any atom is 0.416 e. The second-order valence-corrected chi connectivity index (χ2v) is 5.36. The number of benzene rings is 1. The molecule has 1 saturated carbocycles. The van der Waals surface area contributed by atoms with Crippen molar-refractivity contribution in [2.24, 2.45) is 0 Å². The summed E-state index contributed by atoms with van der Waals surface area (Å²) in [6.07, 6.45) is -1.30. The van der Waals surface area contributed by atoms with E-state index in [9.17, 15) is 18.0 Å². The zero-order valence-electron chi connectivity index (χ0n) is 11.2. The smallest absolute Gasteiger partial charge is 0.322 e. The predicted octanol–water partition coefficient (Wildman–Crippen LogP) is 4.33. The Hall–Kier alpha value is -2.04. The molecular formula is C16H14F3NO. The van der Waals surface area contributed by atoms with Crippen molar-refractivity contribution >= 4 is 0 Å². The van der Waals surface area contributed by atoms with Crippen LogP contribution in [0.3, 0.4) is 0 Å². The SMILES string of the molecule is O=c1cc(C(F)(F)F)cc(-c2ccccc2C2CCC2)[nH]1. The predicted molar refractivity (Wildman–Crippen MR) is 74.1 cm³/mol. The number of pyridine rings is 1. The summed E-state index contributed by atoms with van der Waals surface area (Å²) < 4.78 is 38.5. The molecule has 1 aromatic heterocycles. The van der Waals surface area contributed by atoms with Crippen molar-refractivity contribution in [2.45, 2.75) is 31.4 Å². The summed E-state index contributed by atoms with van der Waals surface area (Å²) >= 11 is 0. The van der Waals surface area contributed by atoms with Crippen LogP contribution in [0.4, 0.5) is 13.2 Å². The minimum Gasteiger partial charge on any atom is -0.322 e. The molecule has 0 atom stereocenters. The van der Waals surface area contributed by atoms with E-state index >= 15 is 0 Å². The van der Waals surface area contributed by atoms with Gasteiger partial charge < -0.3 is 4.98 Å². The number of aromatic amines is 1. The fourth-order valence-electron chi connectivity index (χ4n) is 2.67. The van der Waals surface area contributed by atoms with Gasteiger partial charge in [0.05, 0.1) is 5.56 Å². The fraction of sp³-hybridized carbons (Fsp3) is 0.312. The third kappa shape index (κ3) is 2.73. The first-order chi connectivity index (χ1) is 9.95. The summed E-state index contributed by atoms with van der Waals surface area (Å²) in [4.78, 5) is 14.1. The highest BCUT2D eigenvalue weighted by molar-refractivity contribution is 5.65. The van der Waals surface area contributed by atoms with E-state index in [2.05, 4.69) is 4.98 Å². The Kier molecular flexibility index (Phi) is 3.35. The van der Waals surface area contributed by atoms with Crippen LogP contribution < -0.4 is 5.56 Å². The molecule has 0 radical (unpaired) electrons. The molecular weight excluding hydrogens is 279 g/mol. The van der Waals surface area contributed by atoms with Gasteiger partial charge in [-0.1, -0.05) is 30.7 Å².